The predicted molar refractivity (Wildman–Crippen MR) is 135 cm³/mol. The number of anilines is 2. The van der Waals surface area contributed by atoms with Crippen LogP contribution < -0.4 is 10.6 Å². The average Bonchev–Trinajstić information content (AvgIpc) is 3.25. The summed E-state index contributed by atoms with van der Waals surface area (Å²) < 4.78 is 1.75. The van der Waals surface area contributed by atoms with Crippen LogP contribution in [0.25, 0.3) is 0 Å². The largest absolute Gasteiger partial charge is 0.325 e. The summed E-state index contributed by atoms with van der Waals surface area (Å²) in [5.74, 6) is 0.626. The molecule has 178 valence electrons. The Labute approximate surface area is 204 Å². The first-order valence-corrected chi connectivity index (χ1v) is 12.4. The molecule has 2 heterocycles. The van der Waals surface area contributed by atoms with E-state index in [1.807, 2.05) is 19.2 Å². The molecule has 1 aliphatic rings. The molecule has 0 saturated carbocycles. The molecule has 1 saturated heterocycles. The second-order valence-electron chi connectivity index (χ2n) is 8.75. The molecule has 0 bridgehead atoms. The summed E-state index contributed by atoms with van der Waals surface area (Å²) in [6.45, 7) is 5.55. The molecule has 0 atom stereocenters. The Morgan fingerprint density at radius 2 is 1.82 bits per heavy atom. The summed E-state index contributed by atoms with van der Waals surface area (Å²) in [6, 6.07) is 14.9. The van der Waals surface area contributed by atoms with E-state index in [9.17, 15) is 9.59 Å². The molecule has 1 aliphatic heterocycles. The summed E-state index contributed by atoms with van der Waals surface area (Å²) in [7, 11) is 1.82. The highest BCUT2D eigenvalue weighted by Crippen LogP contribution is 2.20. The lowest BCUT2D eigenvalue weighted by molar-refractivity contribution is -0.113. The summed E-state index contributed by atoms with van der Waals surface area (Å²) in [4.78, 5) is 27.5. The van der Waals surface area contributed by atoms with Gasteiger partial charge in [-0.25, -0.2) is 0 Å². The summed E-state index contributed by atoms with van der Waals surface area (Å²) in [5, 5.41) is 14.2. The lowest BCUT2D eigenvalue weighted by Gasteiger charge is -2.30. The van der Waals surface area contributed by atoms with Crippen LogP contribution in [0.5, 0.6) is 0 Å². The topological polar surface area (TPSA) is 92.2 Å². The number of amides is 2. The highest BCUT2D eigenvalue weighted by Gasteiger charge is 2.16. The number of nitrogens with one attached hydrogen (secondary N) is 2. The monoisotopic (exact) mass is 478 g/mol. The number of aromatic nitrogens is 3. The lowest BCUT2D eigenvalue weighted by atomic mass is 9.99. The summed E-state index contributed by atoms with van der Waals surface area (Å²) in [5.41, 5.74) is 3.04. The van der Waals surface area contributed by atoms with Crippen molar-refractivity contribution in [1.29, 1.82) is 0 Å². The second kappa shape index (κ2) is 11.3. The Morgan fingerprint density at radius 3 is 2.53 bits per heavy atom. The van der Waals surface area contributed by atoms with Gasteiger partial charge >= 0.3 is 0 Å². The number of aryl methyl sites for hydroxylation is 1. The van der Waals surface area contributed by atoms with Gasteiger partial charge in [0.25, 0.3) is 5.91 Å². The van der Waals surface area contributed by atoms with Crippen molar-refractivity contribution in [2.24, 2.45) is 13.0 Å². The Morgan fingerprint density at radius 1 is 1.06 bits per heavy atom. The molecule has 1 aromatic heterocycles. The third kappa shape index (κ3) is 6.68. The molecule has 1 fully saturated rings. The Bertz CT molecular complexity index is 1120. The van der Waals surface area contributed by atoms with E-state index in [-0.39, 0.29) is 17.6 Å². The summed E-state index contributed by atoms with van der Waals surface area (Å²) >= 11 is 1.30. The van der Waals surface area contributed by atoms with Crippen molar-refractivity contribution in [1.82, 2.24) is 19.7 Å². The van der Waals surface area contributed by atoms with Crippen LogP contribution in [-0.2, 0) is 18.4 Å². The van der Waals surface area contributed by atoms with Gasteiger partial charge in [-0.3, -0.25) is 14.5 Å². The van der Waals surface area contributed by atoms with Gasteiger partial charge in [-0.1, -0.05) is 36.9 Å². The first-order chi connectivity index (χ1) is 16.5. The van der Waals surface area contributed by atoms with Crippen molar-refractivity contribution < 1.29 is 9.59 Å². The minimum absolute atomic E-state index is 0.177. The minimum Gasteiger partial charge on any atom is -0.325 e. The zero-order chi connectivity index (χ0) is 23.9. The van der Waals surface area contributed by atoms with Crippen LogP contribution in [0.15, 0.2) is 60.0 Å². The van der Waals surface area contributed by atoms with Crippen LogP contribution in [0, 0.1) is 5.92 Å². The second-order valence-corrected chi connectivity index (χ2v) is 9.69. The van der Waals surface area contributed by atoms with Crippen LogP contribution in [0.1, 0.15) is 35.7 Å². The number of benzene rings is 2. The van der Waals surface area contributed by atoms with Gasteiger partial charge in [-0.15, -0.1) is 10.2 Å². The van der Waals surface area contributed by atoms with Crippen LogP contribution in [-0.4, -0.2) is 50.3 Å². The zero-order valence-electron chi connectivity index (χ0n) is 19.5. The molecule has 0 spiro atoms. The van der Waals surface area contributed by atoms with E-state index in [1.54, 1.807) is 35.2 Å². The van der Waals surface area contributed by atoms with Gasteiger partial charge in [0.2, 0.25) is 5.91 Å². The third-order valence-electron chi connectivity index (χ3n) is 5.90. The zero-order valence-corrected chi connectivity index (χ0v) is 20.3. The fraction of sp³-hybridized carbons (Fsp3) is 0.360. The SMILES string of the molecule is CC1CCN(Cc2ccc(NC(=O)c3cccc(NC(=O)CSc4nncn4C)c3)cc2)CC1. The van der Waals surface area contributed by atoms with Crippen LogP contribution >= 0.6 is 11.8 Å². The number of thioether (sulfide) groups is 1. The molecule has 2 amide bonds. The highest BCUT2D eigenvalue weighted by molar-refractivity contribution is 7.99. The molecular weight excluding hydrogens is 448 g/mol. The maximum Gasteiger partial charge on any atom is 0.255 e. The van der Waals surface area contributed by atoms with Crippen molar-refractivity contribution in [3.05, 3.63) is 66.0 Å². The number of hydrogen-bond acceptors (Lipinski definition) is 6. The highest BCUT2D eigenvalue weighted by atomic mass is 32.2. The average molecular weight is 479 g/mol. The van der Waals surface area contributed by atoms with Crippen LogP contribution in [0.2, 0.25) is 0 Å². The molecule has 0 unspecified atom stereocenters. The van der Waals surface area contributed by atoms with Gasteiger partial charge in [0.05, 0.1) is 5.75 Å². The minimum atomic E-state index is -0.220. The normalized spacial score (nSPS) is 14.6. The van der Waals surface area contributed by atoms with Gasteiger partial charge in [0.1, 0.15) is 6.33 Å². The quantitative estimate of drug-likeness (QED) is 0.475. The number of carbonyl (C=O) groups is 2. The van der Waals surface area contributed by atoms with Gasteiger partial charge in [0, 0.05) is 30.5 Å². The van der Waals surface area contributed by atoms with E-state index in [0.29, 0.717) is 16.4 Å². The van der Waals surface area contributed by atoms with Crippen LogP contribution in [0.3, 0.4) is 0 Å². The first-order valence-electron chi connectivity index (χ1n) is 11.5. The molecule has 2 N–H and O–H groups in total. The molecule has 0 radical (unpaired) electrons. The van der Waals surface area contributed by atoms with E-state index in [0.717, 1.165) is 31.2 Å². The third-order valence-corrected chi connectivity index (χ3v) is 6.94. The number of nitrogens with zero attached hydrogens (tertiary/aromatic N) is 4. The number of likely N-dealkylation sites (tertiary alicyclic amines) is 1. The first kappa shape index (κ1) is 24.0. The van der Waals surface area contributed by atoms with Gasteiger partial charge in [-0.05, 0) is 67.7 Å². The molecule has 34 heavy (non-hydrogen) atoms. The molecule has 2 aromatic carbocycles. The molecule has 3 aromatic rings. The number of rotatable bonds is 8. The van der Waals surface area contributed by atoms with Crippen molar-refractivity contribution in [3.8, 4) is 0 Å². The molecule has 8 nitrogen and oxygen atoms in total. The molecular formula is C25H30N6O2S. The Kier molecular flexibility index (Phi) is 7.97. The van der Waals surface area contributed by atoms with E-state index in [1.165, 1.54) is 30.2 Å². The van der Waals surface area contributed by atoms with Gasteiger partial charge < -0.3 is 15.2 Å². The predicted octanol–water partition coefficient (Wildman–Crippen LogP) is 4.03. The smallest absolute Gasteiger partial charge is 0.255 e. The molecule has 4 rings (SSSR count). The van der Waals surface area contributed by atoms with Crippen molar-refractivity contribution >= 4 is 35.0 Å². The molecule has 9 heteroatoms. The maximum atomic E-state index is 12.7. The van der Waals surface area contributed by atoms with E-state index in [4.69, 9.17) is 0 Å². The van der Waals surface area contributed by atoms with Crippen molar-refractivity contribution in [2.75, 3.05) is 29.5 Å². The maximum absolute atomic E-state index is 12.7. The van der Waals surface area contributed by atoms with Gasteiger partial charge in [0.15, 0.2) is 5.16 Å². The fourth-order valence-corrected chi connectivity index (χ4v) is 4.53. The van der Waals surface area contributed by atoms with E-state index < -0.39 is 0 Å². The number of piperidine rings is 1. The number of hydrogen-bond donors (Lipinski definition) is 2. The standard InChI is InChI=1S/C25H30N6O2S/c1-18-10-12-31(13-11-18)15-19-6-8-21(9-7-19)28-24(33)20-4-3-5-22(14-20)27-23(32)16-34-25-29-26-17-30(25)2/h3-9,14,17-18H,10-13,15-16H2,1-2H3,(H,27,32)(H,28,33). The van der Waals surface area contributed by atoms with Crippen LogP contribution in [0.4, 0.5) is 11.4 Å². The van der Waals surface area contributed by atoms with Gasteiger partial charge in [-0.2, -0.15) is 0 Å². The summed E-state index contributed by atoms with van der Waals surface area (Å²) in [6.07, 6.45) is 4.10. The molecule has 0 aliphatic carbocycles. The van der Waals surface area contributed by atoms with Crippen molar-refractivity contribution in [2.45, 2.75) is 31.5 Å². The van der Waals surface area contributed by atoms with E-state index >= 15 is 0 Å². The number of carbonyl (C=O) groups excluding carboxylic acids is 2. The van der Waals surface area contributed by atoms with E-state index in [2.05, 4.69) is 44.8 Å². The lowest BCUT2D eigenvalue weighted by Crippen LogP contribution is -2.32. The Hall–Kier alpha value is -3.17. The Balaban J connectivity index is 1.28. The van der Waals surface area contributed by atoms with Crippen molar-refractivity contribution in [3.63, 3.8) is 0 Å². The fourth-order valence-electron chi connectivity index (χ4n) is 3.84.